The highest BCUT2D eigenvalue weighted by atomic mass is 35.5. The Kier molecular flexibility index (Phi) is 5.81. The van der Waals surface area contributed by atoms with Crippen LogP contribution >= 0.6 is 23.2 Å². The number of benzene rings is 1. The first-order valence-corrected chi connectivity index (χ1v) is 9.08. The van der Waals surface area contributed by atoms with Gasteiger partial charge in [-0.3, -0.25) is 9.69 Å². The van der Waals surface area contributed by atoms with E-state index in [4.69, 9.17) is 23.2 Å². The molecule has 4 nitrogen and oxygen atoms in total. The van der Waals surface area contributed by atoms with Gasteiger partial charge < -0.3 is 10.6 Å². The van der Waals surface area contributed by atoms with Gasteiger partial charge in [0.1, 0.15) is 0 Å². The Morgan fingerprint density at radius 3 is 2.74 bits per heavy atom. The molecule has 1 aromatic carbocycles. The lowest BCUT2D eigenvalue weighted by atomic mass is 9.88. The molecule has 3 rings (SSSR count). The summed E-state index contributed by atoms with van der Waals surface area (Å²) >= 11 is 12.0. The number of amides is 1. The van der Waals surface area contributed by atoms with Crippen LogP contribution in [0.5, 0.6) is 0 Å². The summed E-state index contributed by atoms with van der Waals surface area (Å²) in [6, 6.07) is 5.78. The van der Waals surface area contributed by atoms with E-state index in [2.05, 4.69) is 15.5 Å². The topological polar surface area (TPSA) is 44.4 Å². The molecule has 0 aromatic heterocycles. The molecule has 1 aromatic rings. The SMILES string of the molecule is O=C(CN1CCC(C2CCCN2)CC1)Nc1cc(Cl)ccc1Cl. The minimum Gasteiger partial charge on any atom is -0.324 e. The predicted octanol–water partition coefficient (Wildman–Crippen LogP) is 3.40. The van der Waals surface area contributed by atoms with Crippen LogP contribution in [-0.4, -0.2) is 43.0 Å². The van der Waals surface area contributed by atoms with Crippen molar-refractivity contribution in [3.63, 3.8) is 0 Å². The summed E-state index contributed by atoms with van der Waals surface area (Å²) in [6.45, 7) is 3.54. The van der Waals surface area contributed by atoms with E-state index in [9.17, 15) is 4.79 Å². The Morgan fingerprint density at radius 2 is 2.04 bits per heavy atom. The fraction of sp³-hybridized carbons (Fsp3) is 0.588. The van der Waals surface area contributed by atoms with Gasteiger partial charge in [0.25, 0.3) is 0 Å². The van der Waals surface area contributed by atoms with Crippen molar-refractivity contribution in [2.45, 2.75) is 31.7 Å². The molecule has 1 amide bonds. The van der Waals surface area contributed by atoms with Crippen molar-refractivity contribution >= 4 is 34.8 Å². The minimum absolute atomic E-state index is 0.0355. The van der Waals surface area contributed by atoms with Crippen LogP contribution in [0.25, 0.3) is 0 Å². The third kappa shape index (κ3) is 4.60. The summed E-state index contributed by atoms with van der Waals surface area (Å²) in [5.41, 5.74) is 0.578. The second-order valence-electron chi connectivity index (χ2n) is 6.49. The molecule has 2 fully saturated rings. The maximum atomic E-state index is 12.2. The molecule has 2 N–H and O–H groups in total. The second-order valence-corrected chi connectivity index (χ2v) is 7.33. The lowest BCUT2D eigenvalue weighted by Crippen LogP contribution is -2.43. The maximum absolute atomic E-state index is 12.2. The molecule has 2 saturated heterocycles. The number of carbonyl (C=O) groups excluding carboxylic acids is 1. The predicted molar refractivity (Wildman–Crippen MR) is 95.3 cm³/mol. The van der Waals surface area contributed by atoms with E-state index in [1.165, 1.54) is 25.7 Å². The third-order valence-corrected chi connectivity index (χ3v) is 5.43. The molecule has 126 valence electrons. The smallest absolute Gasteiger partial charge is 0.238 e. The molecule has 0 bridgehead atoms. The number of rotatable bonds is 4. The van der Waals surface area contributed by atoms with Gasteiger partial charge in [-0.2, -0.15) is 0 Å². The fourth-order valence-corrected chi connectivity index (χ4v) is 3.95. The Hall–Kier alpha value is -0.810. The average Bonchev–Trinajstić information content (AvgIpc) is 3.06. The van der Waals surface area contributed by atoms with Gasteiger partial charge in [0.05, 0.1) is 17.3 Å². The van der Waals surface area contributed by atoms with Gasteiger partial charge in [0.2, 0.25) is 5.91 Å². The molecule has 0 radical (unpaired) electrons. The van der Waals surface area contributed by atoms with E-state index in [1.54, 1.807) is 18.2 Å². The van der Waals surface area contributed by atoms with E-state index in [0.717, 1.165) is 25.6 Å². The van der Waals surface area contributed by atoms with Gasteiger partial charge in [-0.05, 0) is 69.4 Å². The molecule has 2 aliphatic rings. The Labute approximate surface area is 147 Å². The summed E-state index contributed by atoms with van der Waals surface area (Å²) in [7, 11) is 0. The van der Waals surface area contributed by atoms with Crippen molar-refractivity contribution in [3.05, 3.63) is 28.2 Å². The van der Waals surface area contributed by atoms with Crippen LogP contribution in [0.3, 0.4) is 0 Å². The summed E-state index contributed by atoms with van der Waals surface area (Å²) in [6.07, 6.45) is 4.94. The zero-order valence-corrected chi connectivity index (χ0v) is 14.7. The standard InChI is InChI=1S/C17H23Cl2N3O/c18-13-3-4-14(19)16(10-13)21-17(23)11-22-8-5-12(6-9-22)15-2-1-7-20-15/h3-4,10,12,15,20H,1-2,5-9,11H2,(H,21,23). The summed E-state index contributed by atoms with van der Waals surface area (Å²) in [5, 5.41) is 7.53. The molecular weight excluding hydrogens is 333 g/mol. The Balaban J connectivity index is 1.46. The number of nitrogens with zero attached hydrogens (tertiary/aromatic N) is 1. The molecular formula is C17H23Cl2N3O. The first kappa shape index (κ1) is 17.0. The molecule has 23 heavy (non-hydrogen) atoms. The van der Waals surface area contributed by atoms with Gasteiger partial charge in [-0.1, -0.05) is 23.2 Å². The summed E-state index contributed by atoms with van der Waals surface area (Å²) in [4.78, 5) is 14.4. The number of likely N-dealkylation sites (tertiary alicyclic amines) is 1. The van der Waals surface area contributed by atoms with Crippen molar-refractivity contribution in [1.82, 2.24) is 10.2 Å². The normalized spacial score (nSPS) is 23.1. The van der Waals surface area contributed by atoms with E-state index >= 15 is 0 Å². The van der Waals surface area contributed by atoms with E-state index in [-0.39, 0.29) is 5.91 Å². The fourth-order valence-electron chi connectivity index (χ4n) is 3.61. The van der Waals surface area contributed by atoms with Crippen LogP contribution in [0.2, 0.25) is 10.0 Å². The molecule has 0 spiro atoms. The lowest BCUT2D eigenvalue weighted by molar-refractivity contribution is -0.117. The van der Waals surface area contributed by atoms with Crippen LogP contribution in [0, 0.1) is 5.92 Å². The lowest BCUT2D eigenvalue weighted by Gasteiger charge is -2.34. The van der Waals surface area contributed by atoms with Crippen LogP contribution in [0.1, 0.15) is 25.7 Å². The number of halogens is 2. The highest BCUT2D eigenvalue weighted by molar-refractivity contribution is 6.35. The molecule has 2 heterocycles. The number of anilines is 1. The maximum Gasteiger partial charge on any atom is 0.238 e. The zero-order valence-electron chi connectivity index (χ0n) is 13.2. The zero-order chi connectivity index (χ0) is 16.2. The van der Waals surface area contributed by atoms with Gasteiger partial charge >= 0.3 is 0 Å². The highest BCUT2D eigenvalue weighted by Crippen LogP contribution is 2.27. The Bertz CT molecular complexity index is 553. The van der Waals surface area contributed by atoms with Crippen molar-refractivity contribution in [1.29, 1.82) is 0 Å². The van der Waals surface area contributed by atoms with E-state index in [1.807, 2.05) is 0 Å². The van der Waals surface area contributed by atoms with E-state index < -0.39 is 0 Å². The summed E-state index contributed by atoms with van der Waals surface area (Å²) < 4.78 is 0. The van der Waals surface area contributed by atoms with Gasteiger partial charge in [-0.25, -0.2) is 0 Å². The van der Waals surface area contributed by atoms with Crippen LogP contribution in [0.4, 0.5) is 5.69 Å². The molecule has 6 heteroatoms. The van der Waals surface area contributed by atoms with Gasteiger partial charge in [0.15, 0.2) is 0 Å². The number of carbonyl (C=O) groups is 1. The van der Waals surface area contributed by atoms with Crippen LogP contribution in [-0.2, 0) is 4.79 Å². The van der Waals surface area contributed by atoms with Crippen molar-refractivity contribution in [3.8, 4) is 0 Å². The first-order chi connectivity index (χ1) is 11.1. The van der Waals surface area contributed by atoms with Gasteiger partial charge in [0, 0.05) is 11.1 Å². The highest BCUT2D eigenvalue weighted by Gasteiger charge is 2.28. The quantitative estimate of drug-likeness (QED) is 0.869. The van der Waals surface area contributed by atoms with Crippen molar-refractivity contribution in [2.24, 2.45) is 5.92 Å². The number of nitrogens with one attached hydrogen (secondary N) is 2. The third-order valence-electron chi connectivity index (χ3n) is 4.87. The molecule has 0 aliphatic carbocycles. The minimum atomic E-state index is -0.0355. The van der Waals surface area contributed by atoms with Crippen molar-refractivity contribution < 1.29 is 4.79 Å². The monoisotopic (exact) mass is 355 g/mol. The second kappa shape index (κ2) is 7.84. The molecule has 1 atom stereocenters. The number of piperidine rings is 1. The molecule has 0 saturated carbocycles. The van der Waals surface area contributed by atoms with E-state index in [0.29, 0.717) is 28.3 Å². The molecule has 2 aliphatic heterocycles. The van der Waals surface area contributed by atoms with Crippen LogP contribution in [0.15, 0.2) is 18.2 Å². The van der Waals surface area contributed by atoms with Crippen LogP contribution < -0.4 is 10.6 Å². The largest absolute Gasteiger partial charge is 0.324 e. The number of hydrogen-bond donors (Lipinski definition) is 2. The van der Waals surface area contributed by atoms with Crippen molar-refractivity contribution in [2.75, 3.05) is 31.5 Å². The first-order valence-electron chi connectivity index (χ1n) is 8.32. The summed E-state index contributed by atoms with van der Waals surface area (Å²) in [5.74, 6) is 0.728. The molecule has 1 unspecified atom stereocenters. The average molecular weight is 356 g/mol. The Morgan fingerprint density at radius 1 is 1.26 bits per heavy atom. The number of hydrogen-bond acceptors (Lipinski definition) is 3. The van der Waals surface area contributed by atoms with Gasteiger partial charge in [-0.15, -0.1) is 0 Å².